The number of benzene rings is 3. The summed E-state index contributed by atoms with van der Waals surface area (Å²) in [7, 11) is -3.72. The average Bonchev–Trinajstić information content (AvgIpc) is 3.06. The van der Waals surface area contributed by atoms with Gasteiger partial charge in [-0.2, -0.15) is 0 Å². The van der Waals surface area contributed by atoms with Gasteiger partial charge in [0.2, 0.25) is 10.0 Å². The molecule has 0 aromatic heterocycles. The predicted molar refractivity (Wildman–Crippen MR) is 124 cm³/mol. The minimum absolute atomic E-state index is 0.0950. The van der Waals surface area contributed by atoms with E-state index in [0.717, 1.165) is 16.7 Å². The van der Waals surface area contributed by atoms with E-state index in [1.165, 1.54) is 10.6 Å². The number of hydrogen-bond donors (Lipinski definition) is 0. The van der Waals surface area contributed by atoms with Crippen molar-refractivity contribution in [3.63, 3.8) is 0 Å². The summed E-state index contributed by atoms with van der Waals surface area (Å²) in [6, 6.07) is 21.9. The highest BCUT2D eigenvalue weighted by Crippen LogP contribution is 2.52. The molecule has 0 unspecified atom stereocenters. The summed E-state index contributed by atoms with van der Waals surface area (Å²) in [4.78, 5) is 12.7. The highest BCUT2D eigenvalue weighted by Gasteiger charge is 2.49. The van der Waals surface area contributed by atoms with Crippen molar-refractivity contribution in [2.45, 2.75) is 5.41 Å². The SMILES string of the molecule is CS(=O)(=O)N(C1=Cc2ccccc2[C@]12C=CC(=O)c1ccccc12)c1ccc(Cl)cc1. The molecule has 1 spiro atoms. The Morgan fingerprint density at radius 3 is 2.23 bits per heavy atom. The first-order chi connectivity index (χ1) is 14.8. The average molecular weight is 448 g/mol. The molecule has 0 amide bonds. The Bertz CT molecular complexity index is 1390. The van der Waals surface area contributed by atoms with E-state index in [1.54, 1.807) is 36.4 Å². The fraction of sp³-hybridized carbons (Fsp3) is 0.0800. The molecule has 0 heterocycles. The van der Waals surface area contributed by atoms with Crippen LogP contribution in [0.25, 0.3) is 6.08 Å². The molecular weight excluding hydrogens is 430 g/mol. The van der Waals surface area contributed by atoms with Gasteiger partial charge < -0.3 is 0 Å². The van der Waals surface area contributed by atoms with Gasteiger partial charge in [0, 0.05) is 10.6 Å². The van der Waals surface area contributed by atoms with E-state index in [4.69, 9.17) is 11.6 Å². The number of rotatable bonds is 3. The fourth-order valence-corrected chi connectivity index (χ4v) is 5.75. The molecule has 5 rings (SSSR count). The molecule has 0 radical (unpaired) electrons. The molecule has 2 aliphatic rings. The number of anilines is 1. The number of halogens is 1. The molecule has 0 fully saturated rings. The summed E-state index contributed by atoms with van der Waals surface area (Å²) in [5, 5.41) is 0.518. The van der Waals surface area contributed by atoms with Crippen molar-refractivity contribution in [1.82, 2.24) is 0 Å². The van der Waals surface area contributed by atoms with E-state index >= 15 is 0 Å². The van der Waals surface area contributed by atoms with Crippen molar-refractivity contribution in [2.75, 3.05) is 10.6 Å². The van der Waals surface area contributed by atoms with Crippen LogP contribution in [0.4, 0.5) is 5.69 Å². The molecule has 3 aromatic carbocycles. The molecule has 0 aliphatic heterocycles. The number of carbonyl (C=O) groups excluding carboxylic acids is 1. The quantitative estimate of drug-likeness (QED) is 0.554. The Morgan fingerprint density at radius 2 is 1.52 bits per heavy atom. The van der Waals surface area contributed by atoms with Crippen LogP contribution in [0.3, 0.4) is 0 Å². The van der Waals surface area contributed by atoms with Crippen LogP contribution in [0.15, 0.2) is 90.6 Å². The summed E-state index contributed by atoms with van der Waals surface area (Å²) < 4.78 is 27.6. The Morgan fingerprint density at radius 1 is 0.871 bits per heavy atom. The number of ketones is 1. The lowest BCUT2D eigenvalue weighted by atomic mass is 9.69. The number of sulfonamides is 1. The van der Waals surface area contributed by atoms with Crippen molar-refractivity contribution in [1.29, 1.82) is 0 Å². The number of hydrogen-bond acceptors (Lipinski definition) is 3. The van der Waals surface area contributed by atoms with Gasteiger partial charge in [-0.25, -0.2) is 12.7 Å². The highest BCUT2D eigenvalue weighted by molar-refractivity contribution is 7.92. The van der Waals surface area contributed by atoms with Crippen LogP contribution in [0, 0.1) is 0 Å². The van der Waals surface area contributed by atoms with Crippen LogP contribution in [0.5, 0.6) is 0 Å². The smallest absolute Gasteiger partial charge is 0.236 e. The largest absolute Gasteiger partial charge is 0.289 e. The number of carbonyl (C=O) groups is 1. The Labute approximate surface area is 186 Å². The third kappa shape index (κ3) is 2.96. The van der Waals surface area contributed by atoms with Crippen LogP contribution in [-0.2, 0) is 15.4 Å². The van der Waals surface area contributed by atoms with Crippen molar-refractivity contribution in [3.05, 3.63) is 118 Å². The van der Waals surface area contributed by atoms with Gasteiger partial charge in [-0.15, -0.1) is 0 Å². The van der Waals surface area contributed by atoms with Gasteiger partial charge in [-0.3, -0.25) is 4.79 Å². The first kappa shape index (κ1) is 19.8. The summed E-state index contributed by atoms with van der Waals surface area (Å²) in [6.45, 7) is 0. The zero-order chi connectivity index (χ0) is 21.8. The fourth-order valence-electron chi connectivity index (χ4n) is 4.57. The molecule has 154 valence electrons. The van der Waals surface area contributed by atoms with E-state index in [0.29, 0.717) is 22.0 Å². The second kappa shape index (κ2) is 6.94. The summed E-state index contributed by atoms with van der Waals surface area (Å²) in [5.41, 5.74) is 3.29. The maximum Gasteiger partial charge on any atom is 0.236 e. The van der Waals surface area contributed by atoms with Crippen molar-refractivity contribution < 1.29 is 13.2 Å². The Hall–Kier alpha value is -3.15. The monoisotopic (exact) mass is 447 g/mol. The van der Waals surface area contributed by atoms with Crippen molar-refractivity contribution in [3.8, 4) is 0 Å². The van der Waals surface area contributed by atoms with Crippen LogP contribution >= 0.6 is 11.6 Å². The normalized spacial score (nSPS) is 19.2. The molecule has 0 bridgehead atoms. The summed E-state index contributed by atoms with van der Waals surface area (Å²) >= 11 is 6.06. The van der Waals surface area contributed by atoms with Crippen LogP contribution in [-0.4, -0.2) is 20.5 Å². The van der Waals surface area contributed by atoms with Crippen LogP contribution < -0.4 is 4.31 Å². The van der Waals surface area contributed by atoms with E-state index in [2.05, 4.69) is 0 Å². The Balaban J connectivity index is 1.85. The lowest BCUT2D eigenvalue weighted by Crippen LogP contribution is -2.41. The first-order valence-electron chi connectivity index (χ1n) is 9.73. The van der Waals surface area contributed by atoms with Gasteiger partial charge in [0.15, 0.2) is 5.78 Å². The number of fused-ring (bicyclic) bond motifs is 4. The lowest BCUT2D eigenvalue weighted by Gasteiger charge is -2.39. The van der Waals surface area contributed by atoms with Crippen molar-refractivity contribution in [2.24, 2.45) is 0 Å². The zero-order valence-electron chi connectivity index (χ0n) is 16.6. The minimum atomic E-state index is -3.72. The molecule has 0 N–H and O–H groups in total. The number of allylic oxidation sites excluding steroid dienone is 2. The molecule has 6 heteroatoms. The van der Waals surface area contributed by atoms with Gasteiger partial charge >= 0.3 is 0 Å². The molecule has 3 aromatic rings. The molecule has 2 aliphatic carbocycles. The maximum atomic E-state index is 13.1. The summed E-state index contributed by atoms with van der Waals surface area (Å²) in [6.07, 6.45) is 6.44. The van der Waals surface area contributed by atoms with Gasteiger partial charge in [0.25, 0.3) is 0 Å². The Kier molecular flexibility index (Phi) is 4.43. The van der Waals surface area contributed by atoms with Gasteiger partial charge in [-0.05, 0) is 53.1 Å². The maximum absolute atomic E-state index is 13.1. The molecule has 4 nitrogen and oxygen atoms in total. The molecular formula is C25H18ClNO3S. The van der Waals surface area contributed by atoms with E-state index in [-0.39, 0.29) is 5.78 Å². The zero-order valence-corrected chi connectivity index (χ0v) is 18.2. The van der Waals surface area contributed by atoms with Crippen LogP contribution in [0.1, 0.15) is 27.0 Å². The van der Waals surface area contributed by atoms with Crippen molar-refractivity contribution >= 4 is 39.2 Å². The topological polar surface area (TPSA) is 54.5 Å². The van der Waals surface area contributed by atoms with E-state index in [9.17, 15) is 13.2 Å². The third-order valence-corrected chi connectivity index (χ3v) is 7.12. The molecule has 0 saturated carbocycles. The van der Waals surface area contributed by atoms with Gasteiger partial charge in [0.1, 0.15) is 0 Å². The molecule has 0 saturated heterocycles. The summed E-state index contributed by atoms with van der Waals surface area (Å²) in [5.74, 6) is -0.0950. The van der Waals surface area contributed by atoms with Gasteiger partial charge in [0.05, 0.1) is 23.1 Å². The first-order valence-corrected chi connectivity index (χ1v) is 12.0. The second-order valence-electron chi connectivity index (χ2n) is 7.67. The van der Waals surface area contributed by atoms with Gasteiger partial charge in [-0.1, -0.05) is 66.2 Å². The molecule has 31 heavy (non-hydrogen) atoms. The van der Waals surface area contributed by atoms with E-state index in [1.807, 2.05) is 54.6 Å². The van der Waals surface area contributed by atoms with Crippen LogP contribution in [0.2, 0.25) is 5.02 Å². The third-order valence-electron chi connectivity index (χ3n) is 5.80. The molecule has 1 atom stereocenters. The standard InChI is InChI=1S/C25H18ClNO3S/c1-31(29,30)27(19-12-10-18(26)11-13-19)24-16-17-6-2-4-8-21(17)25(24)15-14-23(28)20-7-3-5-9-22(20)25/h2-16H,1H3/t25-/m0/s1. The minimum Gasteiger partial charge on any atom is -0.289 e. The highest BCUT2D eigenvalue weighted by atomic mass is 35.5. The lowest BCUT2D eigenvalue weighted by molar-refractivity contribution is 0.104. The number of nitrogens with zero attached hydrogens (tertiary/aromatic N) is 1. The van der Waals surface area contributed by atoms with E-state index < -0.39 is 15.4 Å². The second-order valence-corrected chi connectivity index (χ2v) is 9.94. The predicted octanol–water partition coefficient (Wildman–Crippen LogP) is 5.20.